The molecule has 4 rings (SSSR count). The van der Waals surface area contributed by atoms with Crippen molar-refractivity contribution < 1.29 is 5.11 Å². The molecule has 1 saturated carbocycles. The molecule has 3 N–H and O–H groups in total. The molecular formula is C18H17ClN2O. The topological polar surface area (TPSA) is 58.6 Å². The average molecular weight is 313 g/mol. The Morgan fingerprint density at radius 2 is 1.95 bits per heavy atom. The quantitative estimate of drug-likeness (QED) is 0.887. The number of aryl methyl sites for hydroxylation is 1. The van der Waals surface area contributed by atoms with E-state index in [0.717, 1.165) is 40.8 Å². The maximum absolute atomic E-state index is 11.5. The smallest absolute Gasteiger partial charge is 0.174 e. The Bertz CT molecular complexity index is 811. The molecule has 0 bridgehead atoms. The average Bonchev–Trinajstić information content (AvgIpc) is 3.29. The minimum Gasteiger partial charge on any atom is -0.384 e. The van der Waals surface area contributed by atoms with Crippen molar-refractivity contribution in [1.82, 2.24) is 0 Å². The van der Waals surface area contributed by atoms with E-state index in [2.05, 4.69) is 4.99 Å². The third-order valence-electron chi connectivity index (χ3n) is 4.58. The molecule has 2 aromatic carbocycles. The number of amidine groups is 1. The number of hydrogen-bond donors (Lipinski definition) is 2. The van der Waals surface area contributed by atoms with Gasteiger partial charge in [-0.05, 0) is 49.4 Å². The summed E-state index contributed by atoms with van der Waals surface area (Å²) in [7, 11) is 0. The van der Waals surface area contributed by atoms with Crippen LogP contribution in [0.3, 0.4) is 0 Å². The number of hydrogen-bond acceptors (Lipinski definition) is 3. The highest BCUT2D eigenvalue weighted by Crippen LogP contribution is 2.49. The van der Waals surface area contributed by atoms with Gasteiger partial charge in [-0.1, -0.05) is 35.4 Å². The van der Waals surface area contributed by atoms with Gasteiger partial charge < -0.3 is 10.8 Å². The van der Waals surface area contributed by atoms with Gasteiger partial charge in [0.25, 0.3) is 0 Å². The van der Waals surface area contributed by atoms with E-state index in [-0.39, 0.29) is 5.84 Å². The third-order valence-corrected chi connectivity index (χ3v) is 4.81. The van der Waals surface area contributed by atoms with Crippen LogP contribution in [0.1, 0.15) is 41.0 Å². The van der Waals surface area contributed by atoms with Crippen molar-refractivity contribution in [3.63, 3.8) is 0 Å². The molecule has 1 aliphatic carbocycles. The minimum atomic E-state index is -1.38. The van der Waals surface area contributed by atoms with Crippen LogP contribution in [0.25, 0.3) is 0 Å². The molecule has 1 atom stereocenters. The normalized spacial score (nSPS) is 23.3. The van der Waals surface area contributed by atoms with E-state index in [1.54, 1.807) is 0 Å². The van der Waals surface area contributed by atoms with Crippen LogP contribution in [0.5, 0.6) is 0 Å². The first-order valence-electron chi connectivity index (χ1n) is 7.48. The molecule has 1 fully saturated rings. The van der Waals surface area contributed by atoms with Gasteiger partial charge in [-0.15, -0.1) is 0 Å². The number of fused-ring (bicyclic) bond motifs is 1. The number of aliphatic imine (C=N–C) groups is 1. The first-order valence-corrected chi connectivity index (χ1v) is 7.86. The van der Waals surface area contributed by atoms with Crippen LogP contribution in [0.2, 0.25) is 5.02 Å². The molecule has 0 spiro atoms. The lowest BCUT2D eigenvalue weighted by molar-refractivity contribution is 0.157. The van der Waals surface area contributed by atoms with Crippen LogP contribution < -0.4 is 5.73 Å². The van der Waals surface area contributed by atoms with Crippen molar-refractivity contribution in [3.05, 3.63) is 63.7 Å². The molecule has 112 valence electrons. The molecule has 2 aliphatic rings. The highest BCUT2D eigenvalue weighted by atomic mass is 35.5. The van der Waals surface area contributed by atoms with Gasteiger partial charge in [0.2, 0.25) is 0 Å². The largest absolute Gasteiger partial charge is 0.384 e. The van der Waals surface area contributed by atoms with Gasteiger partial charge >= 0.3 is 0 Å². The number of rotatable bonds is 2. The Kier molecular flexibility index (Phi) is 2.87. The van der Waals surface area contributed by atoms with Crippen LogP contribution >= 0.6 is 11.6 Å². The standard InChI is InChI=1S/C18H17ClN2O/c1-10-2-7-16-15(8-10)18(22,17(20)21-16)14-9-12(19)5-6-13(14)11-3-4-11/h2,5-9,11,22H,3-4H2,1H3,(H2,20,21). The molecule has 0 amide bonds. The van der Waals surface area contributed by atoms with E-state index in [0.29, 0.717) is 10.9 Å². The monoisotopic (exact) mass is 312 g/mol. The fourth-order valence-corrected chi connectivity index (χ4v) is 3.43. The number of nitrogens with two attached hydrogens (primary N) is 1. The van der Waals surface area contributed by atoms with Gasteiger partial charge in [0.05, 0.1) is 5.69 Å². The number of benzene rings is 2. The van der Waals surface area contributed by atoms with Crippen LogP contribution in [-0.2, 0) is 5.60 Å². The predicted octanol–water partition coefficient (Wildman–Crippen LogP) is 3.76. The van der Waals surface area contributed by atoms with Crippen LogP contribution in [0.15, 0.2) is 41.4 Å². The van der Waals surface area contributed by atoms with Gasteiger partial charge in [-0.2, -0.15) is 0 Å². The summed E-state index contributed by atoms with van der Waals surface area (Å²) in [4.78, 5) is 4.37. The molecule has 1 heterocycles. The molecule has 2 aromatic rings. The summed E-state index contributed by atoms with van der Waals surface area (Å²) < 4.78 is 0. The van der Waals surface area contributed by atoms with Crippen molar-refractivity contribution in [2.75, 3.05) is 0 Å². The second-order valence-corrected chi connectivity index (χ2v) is 6.67. The molecule has 1 aliphatic heterocycles. The molecular weight excluding hydrogens is 296 g/mol. The van der Waals surface area contributed by atoms with E-state index in [1.807, 2.05) is 43.3 Å². The second-order valence-electron chi connectivity index (χ2n) is 6.23. The van der Waals surface area contributed by atoms with Crippen molar-refractivity contribution in [3.8, 4) is 0 Å². The van der Waals surface area contributed by atoms with E-state index < -0.39 is 5.60 Å². The van der Waals surface area contributed by atoms with Crippen molar-refractivity contribution in [2.24, 2.45) is 10.7 Å². The zero-order chi connectivity index (χ0) is 15.5. The summed E-state index contributed by atoms with van der Waals surface area (Å²) in [5.41, 5.74) is 9.19. The zero-order valence-electron chi connectivity index (χ0n) is 12.3. The third kappa shape index (κ3) is 1.89. The van der Waals surface area contributed by atoms with E-state index in [4.69, 9.17) is 17.3 Å². The van der Waals surface area contributed by atoms with E-state index >= 15 is 0 Å². The molecule has 1 unspecified atom stereocenters. The highest BCUT2D eigenvalue weighted by Gasteiger charge is 2.45. The molecule has 0 saturated heterocycles. The van der Waals surface area contributed by atoms with Crippen molar-refractivity contribution >= 4 is 23.1 Å². The lowest BCUT2D eigenvalue weighted by atomic mass is 9.82. The summed E-state index contributed by atoms with van der Waals surface area (Å²) in [5, 5.41) is 12.1. The lowest BCUT2D eigenvalue weighted by Gasteiger charge is -2.28. The Morgan fingerprint density at radius 1 is 1.18 bits per heavy atom. The van der Waals surface area contributed by atoms with Crippen molar-refractivity contribution in [1.29, 1.82) is 0 Å². The van der Waals surface area contributed by atoms with E-state index in [9.17, 15) is 5.11 Å². The SMILES string of the molecule is Cc1ccc2c(c1)C(O)(c1cc(Cl)ccc1C1CC1)C(N)=N2. The van der Waals surface area contributed by atoms with Gasteiger partial charge in [-0.3, -0.25) is 0 Å². The first kappa shape index (κ1) is 13.8. The first-order chi connectivity index (χ1) is 10.5. The fourth-order valence-electron chi connectivity index (χ4n) is 3.26. The van der Waals surface area contributed by atoms with Gasteiger partial charge in [0, 0.05) is 16.1 Å². The highest BCUT2D eigenvalue weighted by molar-refractivity contribution is 6.30. The maximum atomic E-state index is 11.5. The molecule has 3 nitrogen and oxygen atoms in total. The van der Waals surface area contributed by atoms with Gasteiger partial charge in [-0.25, -0.2) is 4.99 Å². The van der Waals surface area contributed by atoms with E-state index in [1.165, 1.54) is 0 Å². The zero-order valence-corrected chi connectivity index (χ0v) is 13.1. The molecule has 22 heavy (non-hydrogen) atoms. The Balaban J connectivity index is 1.98. The molecule has 0 aromatic heterocycles. The lowest BCUT2D eigenvalue weighted by Crippen LogP contribution is -2.40. The Hall–Kier alpha value is -1.84. The number of nitrogens with zero attached hydrogens (tertiary/aromatic N) is 1. The summed E-state index contributed by atoms with van der Waals surface area (Å²) >= 11 is 6.20. The molecule has 4 heteroatoms. The minimum absolute atomic E-state index is 0.220. The fraction of sp³-hybridized carbons (Fsp3) is 0.278. The van der Waals surface area contributed by atoms with Crippen LogP contribution in [-0.4, -0.2) is 10.9 Å². The summed E-state index contributed by atoms with van der Waals surface area (Å²) in [6.07, 6.45) is 2.28. The Labute approximate surface area is 134 Å². The molecule has 0 radical (unpaired) electrons. The van der Waals surface area contributed by atoms with Gasteiger partial charge in [0.1, 0.15) is 5.84 Å². The predicted molar refractivity (Wildman–Crippen MR) is 88.9 cm³/mol. The summed E-state index contributed by atoms with van der Waals surface area (Å²) in [6, 6.07) is 11.5. The Morgan fingerprint density at radius 3 is 2.68 bits per heavy atom. The maximum Gasteiger partial charge on any atom is 0.174 e. The summed E-state index contributed by atoms with van der Waals surface area (Å²) in [6.45, 7) is 2.00. The van der Waals surface area contributed by atoms with Gasteiger partial charge in [0.15, 0.2) is 5.60 Å². The van der Waals surface area contributed by atoms with Crippen LogP contribution in [0, 0.1) is 6.92 Å². The van der Waals surface area contributed by atoms with Crippen molar-refractivity contribution in [2.45, 2.75) is 31.3 Å². The number of aliphatic hydroxyl groups is 1. The number of halogens is 1. The summed E-state index contributed by atoms with van der Waals surface area (Å²) in [5.74, 6) is 0.704. The van der Waals surface area contributed by atoms with Crippen LogP contribution in [0.4, 0.5) is 5.69 Å². The second kappa shape index (κ2) is 4.58.